The average Bonchev–Trinajstić information content (AvgIpc) is 2.90. The molecule has 1 aliphatic rings. The summed E-state index contributed by atoms with van der Waals surface area (Å²) >= 11 is 6.20. The summed E-state index contributed by atoms with van der Waals surface area (Å²) in [5, 5.41) is 5.36. The number of ether oxygens (including phenoxy) is 1. The highest BCUT2D eigenvalue weighted by Crippen LogP contribution is 2.40. The number of hydrogen-bond donors (Lipinski definition) is 2. The summed E-state index contributed by atoms with van der Waals surface area (Å²) < 4.78 is 42.4. The molecule has 3 rings (SSSR count). The van der Waals surface area contributed by atoms with Crippen LogP contribution in [0.3, 0.4) is 0 Å². The second-order valence-corrected chi connectivity index (χ2v) is 7.28. The number of primary sulfonamides is 1. The topological polar surface area (TPSA) is 95.4 Å². The highest BCUT2D eigenvalue weighted by Gasteiger charge is 2.25. The van der Waals surface area contributed by atoms with Gasteiger partial charge in [0.1, 0.15) is 17.7 Å². The minimum Gasteiger partial charge on any atom is -0.487 e. The average molecular weight is 357 g/mol. The van der Waals surface area contributed by atoms with Gasteiger partial charge in [0, 0.05) is 24.1 Å². The third-order valence-electron chi connectivity index (χ3n) is 3.70. The molecule has 2 aromatic carbocycles. The minimum absolute atomic E-state index is 0.146. The molecule has 0 radical (unpaired) electrons. The summed E-state index contributed by atoms with van der Waals surface area (Å²) in [6.45, 7) is 0.359. The van der Waals surface area contributed by atoms with Crippen LogP contribution in [-0.4, -0.2) is 21.1 Å². The van der Waals surface area contributed by atoms with E-state index in [0.717, 1.165) is 11.6 Å². The molecule has 1 unspecified atom stereocenters. The largest absolute Gasteiger partial charge is 0.487 e. The molecule has 0 saturated heterocycles. The van der Waals surface area contributed by atoms with Crippen LogP contribution in [0.1, 0.15) is 5.56 Å². The monoisotopic (exact) mass is 356 g/mol. The van der Waals surface area contributed by atoms with Crippen LogP contribution in [0.2, 0.25) is 5.02 Å². The number of hydrogen-bond acceptors (Lipinski definition) is 4. The van der Waals surface area contributed by atoms with Gasteiger partial charge in [-0.3, -0.25) is 0 Å². The molecule has 8 heteroatoms. The lowest BCUT2D eigenvalue weighted by Gasteiger charge is -2.09. The predicted molar refractivity (Wildman–Crippen MR) is 85.4 cm³/mol. The van der Waals surface area contributed by atoms with Gasteiger partial charge in [0.05, 0.1) is 9.92 Å². The lowest BCUT2D eigenvalue weighted by molar-refractivity contribution is 0.241. The number of sulfonamides is 1. The van der Waals surface area contributed by atoms with Crippen molar-refractivity contribution in [2.24, 2.45) is 10.9 Å². The lowest BCUT2D eigenvalue weighted by Crippen LogP contribution is -2.24. The van der Waals surface area contributed by atoms with Crippen LogP contribution in [0.4, 0.5) is 4.39 Å². The van der Waals surface area contributed by atoms with E-state index >= 15 is 0 Å². The van der Waals surface area contributed by atoms with Crippen LogP contribution in [0.5, 0.6) is 5.75 Å². The van der Waals surface area contributed by atoms with Crippen molar-refractivity contribution in [1.29, 1.82) is 0 Å². The molecule has 1 atom stereocenters. The summed E-state index contributed by atoms with van der Waals surface area (Å²) in [4.78, 5) is -0.280. The van der Waals surface area contributed by atoms with Crippen LogP contribution in [0.25, 0.3) is 11.1 Å². The first-order valence-corrected chi connectivity index (χ1v) is 8.74. The Kier molecular flexibility index (Phi) is 4.05. The van der Waals surface area contributed by atoms with Gasteiger partial charge in [0.25, 0.3) is 0 Å². The highest BCUT2D eigenvalue weighted by atomic mass is 35.5. The first-order valence-electron chi connectivity index (χ1n) is 6.81. The minimum atomic E-state index is -3.95. The van der Waals surface area contributed by atoms with Gasteiger partial charge < -0.3 is 10.5 Å². The predicted octanol–water partition coefficient (Wildman–Crippen LogP) is 2.06. The van der Waals surface area contributed by atoms with Gasteiger partial charge in [0.15, 0.2) is 0 Å². The molecular formula is C15H14ClFN2O3S. The molecule has 0 saturated carbocycles. The maximum Gasteiger partial charge on any atom is 0.238 e. The summed E-state index contributed by atoms with van der Waals surface area (Å²) in [6, 6.07) is 6.86. The summed E-state index contributed by atoms with van der Waals surface area (Å²) in [7, 11) is -3.95. The molecule has 0 bridgehead atoms. The summed E-state index contributed by atoms with van der Waals surface area (Å²) in [6.07, 6.45) is 0.448. The Morgan fingerprint density at radius 1 is 1.30 bits per heavy atom. The van der Waals surface area contributed by atoms with Gasteiger partial charge in [-0.1, -0.05) is 17.7 Å². The normalized spacial score (nSPS) is 17.0. The van der Waals surface area contributed by atoms with Crippen molar-refractivity contribution >= 4 is 21.6 Å². The molecular weight excluding hydrogens is 343 g/mol. The van der Waals surface area contributed by atoms with E-state index in [1.165, 1.54) is 12.1 Å². The Bertz CT molecular complexity index is 887. The quantitative estimate of drug-likeness (QED) is 0.879. The highest BCUT2D eigenvalue weighted by molar-refractivity contribution is 7.89. The molecule has 23 heavy (non-hydrogen) atoms. The van der Waals surface area contributed by atoms with Gasteiger partial charge >= 0.3 is 0 Å². The third kappa shape index (κ3) is 3.05. The summed E-state index contributed by atoms with van der Waals surface area (Å²) in [5.41, 5.74) is 7.21. The number of rotatable bonds is 3. The summed E-state index contributed by atoms with van der Waals surface area (Å²) in [5.74, 6) is -0.130. The van der Waals surface area contributed by atoms with Gasteiger partial charge in [-0.15, -0.1) is 0 Å². The van der Waals surface area contributed by atoms with E-state index < -0.39 is 15.8 Å². The molecule has 4 N–H and O–H groups in total. The molecule has 0 fully saturated rings. The Hall–Kier alpha value is -1.67. The van der Waals surface area contributed by atoms with E-state index in [2.05, 4.69) is 0 Å². The van der Waals surface area contributed by atoms with Crippen molar-refractivity contribution in [1.82, 2.24) is 0 Å². The third-order valence-corrected chi connectivity index (χ3v) is 4.89. The van der Waals surface area contributed by atoms with Gasteiger partial charge in [-0.25, -0.2) is 17.9 Å². The van der Waals surface area contributed by atoms with Crippen molar-refractivity contribution < 1.29 is 17.5 Å². The van der Waals surface area contributed by atoms with Crippen LogP contribution in [0, 0.1) is 5.82 Å². The Labute approximate surface area is 138 Å². The second-order valence-electron chi connectivity index (χ2n) is 5.31. The van der Waals surface area contributed by atoms with E-state index in [4.69, 9.17) is 27.2 Å². The second kappa shape index (κ2) is 5.76. The van der Waals surface area contributed by atoms with E-state index in [0.29, 0.717) is 29.3 Å². The zero-order valence-corrected chi connectivity index (χ0v) is 13.5. The zero-order valence-electron chi connectivity index (χ0n) is 11.9. The van der Waals surface area contributed by atoms with Crippen molar-refractivity contribution in [3.63, 3.8) is 0 Å². The molecule has 0 amide bonds. The Morgan fingerprint density at radius 2 is 2.04 bits per heavy atom. The zero-order chi connectivity index (χ0) is 16.8. The van der Waals surface area contributed by atoms with E-state index in [1.807, 2.05) is 0 Å². The standard InChI is InChI=1S/C15H14ClFN2O3S/c16-13-5-8(3-9-4-10(7-18)22-15(9)13)12-2-1-11(6-14(12)17)23(19,20)21/h1-3,5-6,10H,4,7,18H2,(H2,19,20,21). The van der Waals surface area contributed by atoms with E-state index in [9.17, 15) is 12.8 Å². The van der Waals surface area contributed by atoms with Crippen LogP contribution >= 0.6 is 11.6 Å². The van der Waals surface area contributed by atoms with Crippen LogP contribution < -0.4 is 15.6 Å². The fraction of sp³-hybridized carbons (Fsp3) is 0.200. The van der Waals surface area contributed by atoms with Crippen molar-refractivity contribution in [3.05, 3.63) is 46.7 Å². The van der Waals surface area contributed by atoms with Crippen molar-refractivity contribution in [3.8, 4) is 16.9 Å². The smallest absolute Gasteiger partial charge is 0.238 e. The first kappa shape index (κ1) is 16.2. The molecule has 1 heterocycles. The number of halogens is 2. The lowest BCUT2D eigenvalue weighted by atomic mass is 10.0. The van der Waals surface area contributed by atoms with Crippen molar-refractivity contribution in [2.45, 2.75) is 17.4 Å². The molecule has 2 aromatic rings. The molecule has 0 spiro atoms. The van der Waals surface area contributed by atoms with Crippen LogP contribution in [-0.2, 0) is 16.4 Å². The maximum atomic E-state index is 14.3. The molecule has 122 valence electrons. The Morgan fingerprint density at radius 3 is 2.65 bits per heavy atom. The van der Waals surface area contributed by atoms with E-state index in [-0.39, 0.29) is 16.6 Å². The molecule has 0 aliphatic carbocycles. The molecule has 5 nitrogen and oxygen atoms in total. The SMILES string of the molecule is NCC1Cc2cc(-c3ccc(S(N)(=O)=O)cc3F)cc(Cl)c2O1. The Balaban J connectivity index is 2.06. The van der Waals surface area contributed by atoms with Gasteiger partial charge in [-0.05, 0) is 29.8 Å². The van der Waals surface area contributed by atoms with Gasteiger partial charge in [-0.2, -0.15) is 0 Å². The number of fused-ring (bicyclic) bond motifs is 1. The van der Waals surface area contributed by atoms with E-state index in [1.54, 1.807) is 12.1 Å². The van der Waals surface area contributed by atoms with Crippen molar-refractivity contribution in [2.75, 3.05) is 6.54 Å². The number of benzene rings is 2. The number of nitrogens with two attached hydrogens (primary N) is 2. The van der Waals surface area contributed by atoms with Crippen LogP contribution in [0.15, 0.2) is 35.2 Å². The fourth-order valence-electron chi connectivity index (χ4n) is 2.58. The van der Waals surface area contributed by atoms with Gasteiger partial charge in [0.2, 0.25) is 10.0 Å². The molecule has 1 aliphatic heterocycles. The maximum absolute atomic E-state index is 14.3. The molecule has 0 aromatic heterocycles. The fourth-order valence-corrected chi connectivity index (χ4v) is 3.39. The first-order chi connectivity index (χ1) is 10.8.